The average molecular weight is 397 g/mol. The molecule has 1 N–H and O–H groups in total. The van der Waals surface area contributed by atoms with Crippen LogP contribution in [0.1, 0.15) is 13.3 Å². The van der Waals surface area contributed by atoms with E-state index in [-0.39, 0.29) is 11.2 Å². The van der Waals surface area contributed by atoms with Crippen molar-refractivity contribution in [1.82, 2.24) is 14.6 Å². The quantitative estimate of drug-likeness (QED) is 0.480. The summed E-state index contributed by atoms with van der Waals surface area (Å²) in [5, 5.41) is 13.7. The van der Waals surface area contributed by atoms with Gasteiger partial charge in [0.05, 0.1) is 10.8 Å². The molecule has 1 amide bonds. The van der Waals surface area contributed by atoms with Crippen molar-refractivity contribution in [3.8, 4) is 0 Å². The molecular weight excluding hydrogens is 380 g/mol. The van der Waals surface area contributed by atoms with Crippen molar-refractivity contribution in [2.75, 3.05) is 5.32 Å². The van der Waals surface area contributed by atoms with E-state index in [2.05, 4.69) is 15.5 Å². The van der Waals surface area contributed by atoms with Crippen molar-refractivity contribution in [1.29, 1.82) is 0 Å². The molecule has 27 heavy (non-hydrogen) atoms. The first-order valence-corrected chi connectivity index (χ1v) is 9.87. The number of amides is 1. The number of aromatic nitrogens is 3. The number of para-hydroxylation sites is 1. The number of thioether (sulfide) groups is 1. The van der Waals surface area contributed by atoms with Crippen LogP contribution < -0.4 is 5.32 Å². The molecule has 5 nitrogen and oxygen atoms in total. The van der Waals surface area contributed by atoms with Gasteiger partial charge >= 0.3 is 0 Å². The Bertz CT molecular complexity index is 1110. The van der Waals surface area contributed by atoms with Gasteiger partial charge in [0.2, 0.25) is 5.91 Å². The summed E-state index contributed by atoms with van der Waals surface area (Å²) >= 11 is 7.32. The van der Waals surface area contributed by atoms with Gasteiger partial charge in [-0.1, -0.05) is 48.5 Å². The number of fused-ring (bicyclic) bond motifs is 3. The smallest absolute Gasteiger partial charge is 0.237 e. The molecule has 4 aromatic rings. The lowest BCUT2D eigenvalue weighted by Crippen LogP contribution is -2.24. The fraction of sp³-hybridized carbons (Fsp3) is 0.150. The number of nitrogens with one attached hydrogen (secondary N) is 1. The van der Waals surface area contributed by atoms with Crippen molar-refractivity contribution in [2.45, 2.75) is 23.8 Å². The Balaban J connectivity index is 1.62. The molecule has 0 radical (unpaired) electrons. The van der Waals surface area contributed by atoms with Crippen LogP contribution in [-0.4, -0.2) is 25.8 Å². The largest absolute Gasteiger partial charge is 0.325 e. The predicted octanol–water partition coefficient (Wildman–Crippen LogP) is 5.05. The van der Waals surface area contributed by atoms with E-state index in [0.29, 0.717) is 16.6 Å². The summed E-state index contributed by atoms with van der Waals surface area (Å²) in [7, 11) is 0. The molecule has 7 heteroatoms. The number of nitrogens with zero attached hydrogens (tertiary/aromatic N) is 3. The number of anilines is 1. The summed E-state index contributed by atoms with van der Waals surface area (Å²) in [5.74, 6) is -0.0678. The fourth-order valence-electron chi connectivity index (χ4n) is 2.89. The number of pyridine rings is 1. The van der Waals surface area contributed by atoms with E-state index < -0.39 is 0 Å². The van der Waals surface area contributed by atoms with E-state index in [1.54, 1.807) is 24.3 Å². The Morgan fingerprint density at radius 1 is 1.11 bits per heavy atom. The molecule has 4 rings (SSSR count). The fourth-order valence-corrected chi connectivity index (χ4v) is 3.99. The highest BCUT2D eigenvalue weighted by atomic mass is 35.5. The first-order chi connectivity index (χ1) is 13.2. The zero-order chi connectivity index (χ0) is 18.8. The van der Waals surface area contributed by atoms with Crippen molar-refractivity contribution >= 4 is 51.5 Å². The highest BCUT2D eigenvalue weighted by Crippen LogP contribution is 2.28. The van der Waals surface area contributed by atoms with Crippen molar-refractivity contribution in [3.05, 3.63) is 65.7 Å². The van der Waals surface area contributed by atoms with Crippen LogP contribution in [0.2, 0.25) is 5.02 Å². The lowest BCUT2D eigenvalue weighted by Gasteiger charge is -2.14. The molecule has 0 saturated carbocycles. The van der Waals surface area contributed by atoms with Gasteiger partial charge in [-0.15, -0.1) is 10.2 Å². The van der Waals surface area contributed by atoms with E-state index in [1.807, 2.05) is 47.7 Å². The number of hydrogen-bond donors (Lipinski definition) is 1. The third-order valence-corrected chi connectivity index (χ3v) is 5.83. The summed E-state index contributed by atoms with van der Waals surface area (Å²) in [6, 6.07) is 19.1. The Morgan fingerprint density at radius 2 is 1.89 bits per heavy atom. The van der Waals surface area contributed by atoms with E-state index in [9.17, 15) is 4.79 Å². The lowest BCUT2D eigenvalue weighted by atomic mass is 10.2. The van der Waals surface area contributed by atoms with Gasteiger partial charge in [0, 0.05) is 10.7 Å². The highest BCUT2D eigenvalue weighted by molar-refractivity contribution is 8.00. The maximum atomic E-state index is 12.7. The average Bonchev–Trinajstić information content (AvgIpc) is 3.11. The molecule has 0 bridgehead atoms. The molecule has 1 atom stereocenters. The third-order valence-electron chi connectivity index (χ3n) is 4.27. The first kappa shape index (κ1) is 17.8. The molecular formula is C20H17ClN4OS. The van der Waals surface area contributed by atoms with Crippen LogP contribution in [0.25, 0.3) is 16.6 Å². The van der Waals surface area contributed by atoms with Gasteiger partial charge in [-0.2, -0.15) is 0 Å². The van der Waals surface area contributed by atoms with Crippen LogP contribution >= 0.6 is 23.4 Å². The standard InChI is InChI=1S/C20H17ClN4OS/c1-2-17(19(26)22-15-10-8-14(21)9-11-15)27-20-24-23-18-12-7-13-5-3-4-6-16(13)25(18)20/h3-12,17H,2H2,1H3,(H,22,26). The topological polar surface area (TPSA) is 59.3 Å². The van der Waals surface area contributed by atoms with Crippen LogP contribution in [0, 0.1) is 0 Å². The summed E-state index contributed by atoms with van der Waals surface area (Å²) < 4.78 is 2.00. The summed E-state index contributed by atoms with van der Waals surface area (Å²) in [4.78, 5) is 12.7. The Kier molecular flexibility index (Phi) is 5.01. The summed E-state index contributed by atoms with van der Waals surface area (Å²) in [5.41, 5.74) is 2.51. The zero-order valence-electron chi connectivity index (χ0n) is 14.6. The van der Waals surface area contributed by atoms with Crippen LogP contribution in [0.15, 0.2) is 65.8 Å². The number of carbonyl (C=O) groups excluding carboxylic acids is 1. The van der Waals surface area contributed by atoms with Crippen molar-refractivity contribution in [3.63, 3.8) is 0 Å². The Hall–Kier alpha value is -2.57. The van der Waals surface area contributed by atoms with Gasteiger partial charge in [0.25, 0.3) is 0 Å². The summed E-state index contributed by atoms with van der Waals surface area (Å²) in [6.45, 7) is 1.99. The van der Waals surface area contributed by atoms with E-state index in [1.165, 1.54) is 11.8 Å². The third kappa shape index (κ3) is 3.63. The molecule has 0 fully saturated rings. The maximum Gasteiger partial charge on any atom is 0.237 e. The molecule has 2 aromatic carbocycles. The molecule has 0 aliphatic carbocycles. The Morgan fingerprint density at radius 3 is 2.67 bits per heavy atom. The second-order valence-corrected chi connectivity index (χ2v) is 7.69. The summed E-state index contributed by atoms with van der Waals surface area (Å²) in [6.07, 6.45) is 0.670. The van der Waals surface area contributed by atoms with Gasteiger partial charge < -0.3 is 5.32 Å². The van der Waals surface area contributed by atoms with E-state index in [4.69, 9.17) is 11.6 Å². The van der Waals surface area contributed by atoms with Crippen molar-refractivity contribution < 1.29 is 4.79 Å². The molecule has 0 saturated heterocycles. The number of hydrogen-bond acceptors (Lipinski definition) is 4. The van der Waals surface area contributed by atoms with Crippen molar-refractivity contribution in [2.24, 2.45) is 0 Å². The first-order valence-electron chi connectivity index (χ1n) is 8.61. The minimum absolute atomic E-state index is 0.0678. The maximum absolute atomic E-state index is 12.7. The van der Waals surface area contributed by atoms with Gasteiger partial charge in [0.15, 0.2) is 10.8 Å². The normalized spacial score (nSPS) is 12.4. The molecule has 2 aromatic heterocycles. The van der Waals surface area contributed by atoms with Gasteiger partial charge in [-0.25, -0.2) is 0 Å². The molecule has 1 unspecified atom stereocenters. The van der Waals surface area contributed by atoms with Crippen LogP contribution in [-0.2, 0) is 4.79 Å². The number of benzene rings is 2. The monoisotopic (exact) mass is 396 g/mol. The van der Waals surface area contributed by atoms with Crippen LogP contribution in [0.4, 0.5) is 5.69 Å². The number of rotatable bonds is 5. The molecule has 0 aliphatic rings. The zero-order valence-corrected chi connectivity index (χ0v) is 16.2. The van der Waals surface area contributed by atoms with Gasteiger partial charge in [-0.05, 0) is 54.3 Å². The highest BCUT2D eigenvalue weighted by Gasteiger charge is 2.21. The minimum atomic E-state index is -0.285. The van der Waals surface area contributed by atoms with E-state index >= 15 is 0 Å². The molecule has 0 aliphatic heterocycles. The SMILES string of the molecule is CCC(Sc1nnc2ccc3ccccc3n12)C(=O)Nc1ccc(Cl)cc1. The number of halogens is 1. The number of carbonyl (C=O) groups is 1. The Labute approximate surface area is 165 Å². The molecule has 2 heterocycles. The predicted molar refractivity (Wildman–Crippen MR) is 111 cm³/mol. The van der Waals surface area contributed by atoms with E-state index in [0.717, 1.165) is 22.2 Å². The second-order valence-electron chi connectivity index (χ2n) is 6.08. The second kappa shape index (κ2) is 7.58. The molecule has 136 valence electrons. The van der Waals surface area contributed by atoms with Gasteiger partial charge in [-0.3, -0.25) is 9.20 Å². The van der Waals surface area contributed by atoms with Gasteiger partial charge in [0.1, 0.15) is 0 Å². The van der Waals surface area contributed by atoms with Crippen LogP contribution in [0.3, 0.4) is 0 Å². The van der Waals surface area contributed by atoms with Crippen LogP contribution in [0.5, 0.6) is 0 Å². The minimum Gasteiger partial charge on any atom is -0.325 e. The molecule has 0 spiro atoms. The lowest BCUT2D eigenvalue weighted by molar-refractivity contribution is -0.115.